The van der Waals surface area contributed by atoms with E-state index in [0.717, 1.165) is 19.3 Å². The molecule has 1 saturated carbocycles. The Labute approximate surface area is 89.9 Å². The van der Waals surface area contributed by atoms with Gasteiger partial charge in [-0.1, -0.05) is 0 Å². The standard InChI is InChI=1S/C11H18O4/c1-7(14-8(2)12)10-5-4-6-11(10)15-9(3)13/h7,10-11H,4-6H2,1-3H3/t7-,10-,11-/m0/s1. The van der Waals surface area contributed by atoms with Crippen LogP contribution in [0.5, 0.6) is 0 Å². The largest absolute Gasteiger partial charge is 0.462 e. The first kappa shape index (κ1) is 12.0. The first-order valence-corrected chi connectivity index (χ1v) is 5.35. The van der Waals surface area contributed by atoms with Gasteiger partial charge in [-0.2, -0.15) is 0 Å². The summed E-state index contributed by atoms with van der Waals surface area (Å²) in [7, 11) is 0. The molecular formula is C11H18O4. The van der Waals surface area contributed by atoms with E-state index < -0.39 is 0 Å². The summed E-state index contributed by atoms with van der Waals surface area (Å²) in [5, 5.41) is 0. The van der Waals surface area contributed by atoms with Gasteiger partial charge in [0.25, 0.3) is 0 Å². The molecule has 1 aliphatic carbocycles. The predicted octanol–water partition coefficient (Wildman–Crippen LogP) is 1.67. The van der Waals surface area contributed by atoms with Gasteiger partial charge >= 0.3 is 11.9 Å². The zero-order chi connectivity index (χ0) is 11.4. The van der Waals surface area contributed by atoms with Crippen LogP contribution in [0, 0.1) is 5.92 Å². The van der Waals surface area contributed by atoms with E-state index in [1.807, 2.05) is 6.92 Å². The zero-order valence-electron chi connectivity index (χ0n) is 9.49. The monoisotopic (exact) mass is 214 g/mol. The number of ether oxygens (including phenoxy) is 2. The van der Waals surface area contributed by atoms with Gasteiger partial charge in [-0.3, -0.25) is 9.59 Å². The molecule has 0 unspecified atom stereocenters. The van der Waals surface area contributed by atoms with Crippen LogP contribution in [0.2, 0.25) is 0 Å². The zero-order valence-corrected chi connectivity index (χ0v) is 9.49. The second-order valence-electron chi connectivity index (χ2n) is 4.06. The van der Waals surface area contributed by atoms with Gasteiger partial charge in [0.05, 0.1) is 0 Å². The maximum absolute atomic E-state index is 10.9. The molecule has 0 aromatic rings. The van der Waals surface area contributed by atoms with E-state index in [9.17, 15) is 9.59 Å². The van der Waals surface area contributed by atoms with Crippen molar-refractivity contribution in [1.82, 2.24) is 0 Å². The Kier molecular flexibility index (Phi) is 4.12. The summed E-state index contributed by atoms with van der Waals surface area (Å²) < 4.78 is 10.3. The molecular weight excluding hydrogens is 196 g/mol. The Hall–Kier alpha value is -1.06. The van der Waals surface area contributed by atoms with Crippen molar-refractivity contribution in [3.05, 3.63) is 0 Å². The second-order valence-corrected chi connectivity index (χ2v) is 4.06. The van der Waals surface area contributed by atoms with Crippen molar-refractivity contribution in [2.45, 2.75) is 52.2 Å². The molecule has 0 aliphatic heterocycles. The highest BCUT2D eigenvalue weighted by Gasteiger charge is 2.35. The fourth-order valence-electron chi connectivity index (χ4n) is 2.20. The van der Waals surface area contributed by atoms with Crippen LogP contribution >= 0.6 is 0 Å². The quantitative estimate of drug-likeness (QED) is 0.670. The highest BCUT2D eigenvalue weighted by atomic mass is 16.6. The number of hydrogen-bond donors (Lipinski definition) is 0. The van der Waals surface area contributed by atoms with Crippen LogP contribution in [0.15, 0.2) is 0 Å². The van der Waals surface area contributed by atoms with Crippen LogP contribution in [-0.4, -0.2) is 24.1 Å². The number of hydrogen-bond acceptors (Lipinski definition) is 4. The summed E-state index contributed by atoms with van der Waals surface area (Å²) in [5.74, 6) is -0.393. The molecule has 0 heterocycles. The van der Waals surface area contributed by atoms with Gasteiger partial charge in [0, 0.05) is 19.8 Å². The van der Waals surface area contributed by atoms with Gasteiger partial charge in [-0.15, -0.1) is 0 Å². The average molecular weight is 214 g/mol. The third-order valence-corrected chi connectivity index (χ3v) is 2.78. The fraction of sp³-hybridized carbons (Fsp3) is 0.818. The molecule has 1 aliphatic rings. The minimum absolute atomic E-state index is 0.0863. The lowest BCUT2D eigenvalue weighted by Crippen LogP contribution is -2.31. The lowest BCUT2D eigenvalue weighted by Gasteiger charge is -2.24. The molecule has 1 fully saturated rings. The van der Waals surface area contributed by atoms with Crippen molar-refractivity contribution < 1.29 is 19.1 Å². The van der Waals surface area contributed by atoms with Crippen LogP contribution in [0.3, 0.4) is 0 Å². The minimum atomic E-state index is -0.282. The molecule has 0 aromatic carbocycles. The number of carbonyl (C=O) groups excluding carboxylic acids is 2. The maximum atomic E-state index is 10.9. The molecule has 0 spiro atoms. The Morgan fingerprint density at radius 3 is 2.40 bits per heavy atom. The van der Waals surface area contributed by atoms with Crippen molar-refractivity contribution in [1.29, 1.82) is 0 Å². The molecule has 4 nitrogen and oxygen atoms in total. The molecule has 0 saturated heterocycles. The first-order valence-electron chi connectivity index (χ1n) is 5.35. The van der Waals surface area contributed by atoms with Gasteiger partial charge in [-0.05, 0) is 26.2 Å². The van der Waals surface area contributed by atoms with Crippen LogP contribution in [0.1, 0.15) is 40.0 Å². The van der Waals surface area contributed by atoms with Crippen molar-refractivity contribution in [3.8, 4) is 0 Å². The summed E-state index contributed by atoms with van der Waals surface area (Å²) in [6, 6.07) is 0. The van der Waals surface area contributed by atoms with E-state index in [1.165, 1.54) is 13.8 Å². The van der Waals surface area contributed by atoms with Crippen LogP contribution in [0.4, 0.5) is 0 Å². The Bertz CT molecular complexity index is 249. The van der Waals surface area contributed by atoms with Crippen LogP contribution in [-0.2, 0) is 19.1 Å². The van der Waals surface area contributed by atoms with E-state index in [1.54, 1.807) is 0 Å². The summed E-state index contributed by atoms with van der Waals surface area (Å²) in [6.07, 6.45) is 2.59. The van der Waals surface area contributed by atoms with Crippen molar-refractivity contribution in [2.75, 3.05) is 0 Å². The van der Waals surface area contributed by atoms with Crippen molar-refractivity contribution >= 4 is 11.9 Å². The maximum Gasteiger partial charge on any atom is 0.302 e. The smallest absolute Gasteiger partial charge is 0.302 e. The molecule has 1 rings (SSSR count). The van der Waals surface area contributed by atoms with Crippen molar-refractivity contribution in [3.63, 3.8) is 0 Å². The Morgan fingerprint density at radius 2 is 1.87 bits per heavy atom. The van der Waals surface area contributed by atoms with E-state index in [-0.39, 0.29) is 30.1 Å². The summed E-state index contributed by atoms with van der Waals surface area (Å²) in [5.41, 5.74) is 0. The summed E-state index contributed by atoms with van der Waals surface area (Å²) in [6.45, 7) is 4.66. The van der Waals surface area contributed by atoms with Crippen molar-refractivity contribution in [2.24, 2.45) is 5.92 Å². The summed E-state index contributed by atoms with van der Waals surface area (Å²) >= 11 is 0. The average Bonchev–Trinajstić information content (AvgIpc) is 2.49. The van der Waals surface area contributed by atoms with Crippen LogP contribution < -0.4 is 0 Å². The normalized spacial score (nSPS) is 27.1. The number of esters is 2. The third kappa shape index (κ3) is 3.53. The SMILES string of the molecule is CC(=O)O[C@@H](C)[C@@H]1CCC[C@@H]1OC(C)=O. The number of rotatable bonds is 3. The molecule has 0 bridgehead atoms. The fourth-order valence-corrected chi connectivity index (χ4v) is 2.20. The topological polar surface area (TPSA) is 52.6 Å². The van der Waals surface area contributed by atoms with E-state index in [4.69, 9.17) is 9.47 Å². The highest BCUT2D eigenvalue weighted by Crippen LogP contribution is 2.32. The molecule has 4 heteroatoms. The molecule has 0 radical (unpaired) electrons. The lowest BCUT2D eigenvalue weighted by atomic mass is 10.00. The van der Waals surface area contributed by atoms with Gasteiger partial charge < -0.3 is 9.47 Å². The molecule has 0 amide bonds. The Morgan fingerprint density at radius 1 is 1.20 bits per heavy atom. The molecule has 3 atom stereocenters. The highest BCUT2D eigenvalue weighted by molar-refractivity contribution is 5.66. The predicted molar refractivity (Wildman–Crippen MR) is 54.1 cm³/mol. The molecule has 0 aromatic heterocycles. The van der Waals surface area contributed by atoms with Gasteiger partial charge in [0.2, 0.25) is 0 Å². The third-order valence-electron chi connectivity index (χ3n) is 2.78. The van der Waals surface area contributed by atoms with E-state index in [2.05, 4.69) is 0 Å². The lowest BCUT2D eigenvalue weighted by molar-refractivity contribution is -0.156. The van der Waals surface area contributed by atoms with E-state index >= 15 is 0 Å². The first-order chi connectivity index (χ1) is 7.00. The second kappa shape index (κ2) is 5.14. The molecule has 15 heavy (non-hydrogen) atoms. The van der Waals surface area contributed by atoms with E-state index in [0.29, 0.717) is 0 Å². The van der Waals surface area contributed by atoms with Gasteiger partial charge in [0.15, 0.2) is 0 Å². The number of carbonyl (C=O) groups is 2. The van der Waals surface area contributed by atoms with Gasteiger partial charge in [0.1, 0.15) is 12.2 Å². The van der Waals surface area contributed by atoms with Gasteiger partial charge in [-0.25, -0.2) is 0 Å². The van der Waals surface area contributed by atoms with Crippen LogP contribution in [0.25, 0.3) is 0 Å². The molecule has 86 valence electrons. The Balaban J connectivity index is 2.51. The summed E-state index contributed by atoms with van der Waals surface area (Å²) in [4.78, 5) is 21.7. The minimum Gasteiger partial charge on any atom is -0.462 e. The molecule has 0 N–H and O–H groups in total.